The van der Waals surface area contributed by atoms with Gasteiger partial charge in [-0.15, -0.1) is 0 Å². The van der Waals surface area contributed by atoms with E-state index < -0.39 is 0 Å². The zero-order valence-corrected chi connectivity index (χ0v) is 13.8. The van der Waals surface area contributed by atoms with E-state index in [2.05, 4.69) is 16.5 Å². The summed E-state index contributed by atoms with van der Waals surface area (Å²) in [4.78, 5) is 4.10. The molecule has 0 atom stereocenters. The van der Waals surface area contributed by atoms with Crippen LogP contribution in [-0.4, -0.2) is 9.55 Å². The average Bonchev–Trinajstić information content (AvgIpc) is 2.87. The summed E-state index contributed by atoms with van der Waals surface area (Å²) >= 11 is 10.9. The molecule has 110 valence electrons. The van der Waals surface area contributed by atoms with Crippen LogP contribution < -0.4 is 0 Å². The van der Waals surface area contributed by atoms with Crippen molar-refractivity contribution in [2.75, 3.05) is 0 Å². The third-order valence-corrected chi connectivity index (χ3v) is 3.46. The Kier molecular flexibility index (Phi) is 5.15. The first kappa shape index (κ1) is 15.7. The van der Waals surface area contributed by atoms with Gasteiger partial charge >= 0.3 is 0 Å². The van der Waals surface area contributed by atoms with Crippen molar-refractivity contribution >= 4 is 23.8 Å². The maximum Gasteiger partial charge on any atom is 0.193 e. The van der Waals surface area contributed by atoms with Crippen LogP contribution in [0.15, 0.2) is 40.9 Å². The fourth-order valence-corrected chi connectivity index (χ4v) is 2.39. The van der Waals surface area contributed by atoms with Gasteiger partial charge in [0.15, 0.2) is 10.5 Å². The Morgan fingerprint density at radius 2 is 2.00 bits per heavy atom. The molecule has 0 aromatic carbocycles. The van der Waals surface area contributed by atoms with Gasteiger partial charge in [0.1, 0.15) is 5.15 Å². The van der Waals surface area contributed by atoms with Gasteiger partial charge in [0, 0.05) is 24.5 Å². The van der Waals surface area contributed by atoms with E-state index in [4.69, 9.17) is 28.2 Å². The lowest BCUT2D eigenvalue weighted by Crippen LogP contribution is -2.07. The lowest BCUT2D eigenvalue weighted by molar-refractivity contribution is 0.561. The second-order valence-corrected chi connectivity index (χ2v) is 5.15. The van der Waals surface area contributed by atoms with Crippen LogP contribution in [-0.2, 0) is 6.54 Å². The molecule has 3 heterocycles. The van der Waals surface area contributed by atoms with E-state index in [0.29, 0.717) is 16.4 Å². The molecule has 5 heteroatoms. The highest BCUT2D eigenvalue weighted by Crippen LogP contribution is 2.26. The Morgan fingerprint density at radius 1 is 1.24 bits per heavy atom. The lowest BCUT2D eigenvalue weighted by Gasteiger charge is -2.15. The molecule has 1 aromatic heterocycles. The minimum absolute atomic E-state index is 0.500. The van der Waals surface area contributed by atoms with E-state index in [9.17, 15) is 0 Å². The number of halogens is 1. The summed E-state index contributed by atoms with van der Waals surface area (Å²) in [5, 5.41) is 0.500. The Labute approximate surface area is 134 Å². The largest absolute Gasteiger partial charge is 0.444 e. The molecule has 0 radical (unpaired) electrons. The fourth-order valence-electron chi connectivity index (χ4n) is 2.07. The van der Waals surface area contributed by atoms with Crippen LogP contribution in [0.2, 0.25) is 5.15 Å². The number of aromatic nitrogens is 2. The maximum absolute atomic E-state index is 5.80. The number of hydrogen-bond acceptors (Lipinski definition) is 3. The minimum Gasteiger partial charge on any atom is -0.444 e. The highest BCUT2D eigenvalue weighted by Gasteiger charge is 2.12. The molecule has 21 heavy (non-hydrogen) atoms. The zero-order chi connectivity index (χ0) is 15.4. The van der Waals surface area contributed by atoms with Gasteiger partial charge in [-0.1, -0.05) is 31.5 Å². The van der Waals surface area contributed by atoms with Gasteiger partial charge in [-0.05, 0) is 42.9 Å². The summed E-state index contributed by atoms with van der Waals surface area (Å²) < 4.78 is 8.13. The highest BCUT2D eigenvalue weighted by atomic mass is 35.5. The molecule has 0 bridgehead atoms. The maximum atomic E-state index is 5.80. The quantitative estimate of drug-likeness (QED) is 0.471. The van der Waals surface area contributed by atoms with Crippen LogP contribution in [0.1, 0.15) is 25.1 Å². The van der Waals surface area contributed by atoms with E-state index in [-0.39, 0.29) is 0 Å². The van der Waals surface area contributed by atoms with E-state index in [1.54, 1.807) is 12.3 Å². The molecule has 0 spiro atoms. The van der Waals surface area contributed by atoms with Crippen molar-refractivity contribution in [1.29, 1.82) is 0 Å². The number of pyridine rings is 2. The van der Waals surface area contributed by atoms with E-state index in [1.165, 1.54) is 0 Å². The topological polar surface area (TPSA) is 31.0 Å². The summed E-state index contributed by atoms with van der Waals surface area (Å²) in [5.41, 5.74) is 3.22. The first-order valence-corrected chi connectivity index (χ1v) is 7.62. The van der Waals surface area contributed by atoms with E-state index >= 15 is 0 Å². The molecule has 0 saturated carbocycles. The number of aryl methyl sites for hydroxylation is 1. The van der Waals surface area contributed by atoms with Gasteiger partial charge in [0.2, 0.25) is 0 Å². The van der Waals surface area contributed by atoms with Crippen molar-refractivity contribution in [2.24, 2.45) is 0 Å². The van der Waals surface area contributed by atoms with Gasteiger partial charge in [-0.2, -0.15) is 0 Å². The van der Waals surface area contributed by atoms with Crippen molar-refractivity contribution in [1.82, 2.24) is 9.55 Å². The first-order valence-electron chi connectivity index (χ1n) is 6.84. The van der Waals surface area contributed by atoms with E-state index in [0.717, 1.165) is 22.7 Å². The number of hydrogen-bond donors (Lipinski definition) is 0. The SMILES string of the molecule is CC.Cc1ccc2oc(=S)cc-2n1Cc1ccc(Cl)nc1. The van der Waals surface area contributed by atoms with Crippen molar-refractivity contribution in [3.05, 3.63) is 57.6 Å². The third kappa shape index (κ3) is 3.52. The Balaban J connectivity index is 0.000000774. The van der Waals surface area contributed by atoms with Crippen LogP contribution in [0.4, 0.5) is 0 Å². The van der Waals surface area contributed by atoms with Crippen molar-refractivity contribution < 1.29 is 4.42 Å². The molecule has 3 nitrogen and oxygen atoms in total. The normalized spacial score (nSPS) is 10.3. The number of nitrogens with zero attached hydrogens (tertiary/aromatic N) is 2. The molecule has 0 N–H and O–H groups in total. The minimum atomic E-state index is 0.500. The summed E-state index contributed by atoms with van der Waals surface area (Å²) in [6, 6.07) is 9.60. The Bertz CT molecular complexity index is 746. The van der Waals surface area contributed by atoms with E-state index in [1.807, 2.05) is 38.1 Å². The standard InChI is InChI=1S/C14H11ClN2OS.C2H6/c1-9-2-4-12-11(6-14(19)18-12)17(9)8-10-3-5-13(15)16-7-10;1-2/h2-7H,8H2,1H3;1-2H3. The summed E-state index contributed by atoms with van der Waals surface area (Å²) in [7, 11) is 0. The van der Waals surface area contributed by atoms with Crippen LogP contribution in [0.25, 0.3) is 11.5 Å². The smallest absolute Gasteiger partial charge is 0.193 e. The molecule has 0 aliphatic carbocycles. The molecule has 0 fully saturated rings. The van der Waals surface area contributed by atoms with Gasteiger partial charge in [-0.25, -0.2) is 4.98 Å². The predicted molar refractivity (Wildman–Crippen MR) is 88.6 cm³/mol. The van der Waals surface area contributed by atoms with Gasteiger partial charge in [0.25, 0.3) is 0 Å². The molecule has 0 amide bonds. The summed E-state index contributed by atoms with van der Waals surface area (Å²) in [6.07, 6.45) is 1.78. The zero-order valence-electron chi connectivity index (χ0n) is 12.3. The molecule has 0 saturated heterocycles. The van der Waals surface area contributed by atoms with Gasteiger partial charge < -0.3 is 8.98 Å². The molecule has 1 aromatic rings. The van der Waals surface area contributed by atoms with Crippen molar-refractivity contribution in [3.8, 4) is 11.5 Å². The monoisotopic (exact) mass is 320 g/mol. The summed E-state index contributed by atoms with van der Waals surface area (Å²) in [6.45, 7) is 6.76. The van der Waals surface area contributed by atoms with Crippen molar-refractivity contribution in [2.45, 2.75) is 27.3 Å². The fraction of sp³-hybridized carbons (Fsp3) is 0.250. The van der Waals surface area contributed by atoms with Crippen LogP contribution in [0, 0.1) is 11.6 Å². The van der Waals surface area contributed by atoms with Crippen molar-refractivity contribution in [3.63, 3.8) is 0 Å². The molecule has 0 unspecified atom stereocenters. The highest BCUT2D eigenvalue weighted by molar-refractivity contribution is 7.71. The predicted octanol–water partition coefficient (Wildman–Crippen LogP) is 5.35. The Hall–Kier alpha value is -1.65. The number of fused-ring (bicyclic) bond motifs is 1. The third-order valence-electron chi connectivity index (χ3n) is 3.04. The number of furan rings is 1. The molecule has 2 aliphatic heterocycles. The summed E-state index contributed by atoms with van der Waals surface area (Å²) in [5.74, 6) is 0.803. The van der Waals surface area contributed by atoms with Crippen LogP contribution >= 0.6 is 23.8 Å². The van der Waals surface area contributed by atoms with Crippen LogP contribution in [0.5, 0.6) is 0 Å². The van der Waals surface area contributed by atoms with Gasteiger partial charge in [-0.3, -0.25) is 0 Å². The second-order valence-electron chi connectivity index (χ2n) is 4.36. The van der Waals surface area contributed by atoms with Gasteiger partial charge in [0.05, 0.1) is 5.69 Å². The second kappa shape index (κ2) is 6.87. The number of rotatable bonds is 2. The first-order chi connectivity index (χ1) is 10.1. The molecular formula is C16H17ClN2OS. The lowest BCUT2D eigenvalue weighted by atomic mass is 10.2. The average molecular weight is 321 g/mol. The Morgan fingerprint density at radius 3 is 2.67 bits per heavy atom. The molecule has 3 rings (SSSR count). The van der Waals surface area contributed by atoms with Crippen LogP contribution in [0.3, 0.4) is 0 Å². The molecule has 2 aliphatic rings. The molecular weight excluding hydrogens is 304 g/mol.